The molecule has 4 aliphatic rings. The second-order valence-corrected chi connectivity index (χ2v) is 8.88. The maximum Gasteiger partial charge on any atom is 0.255 e. The van der Waals surface area contributed by atoms with Gasteiger partial charge in [0, 0.05) is 49.3 Å². The minimum atomic E-state index is -0.563. The van der Waals surface area contributed by atoms with Crippen molar-refractivity contribution in [2.45, 2.75) is 44.7 Å². The first-order valence-corrected chi connectivity index (χ1v) is 10.1. The molecule has 7 heteroatoms. The van der Waals surface area contributed by atoms with Gasteiger partial charge in [-0.3, -0.25) is 19.7 Å². The van der Waals surface area contributed by atoms with Gasteiger partial charge in [-0.05, 0) is 55.4 Å². The Morgan fingerprint density at radius 3 is 2.68 bits per heavy atom. The minimum absolute atomic E-state index is 0.123. The predicted octanol–water partition coefficient (Wildman–Crippen LogP) is 1.05. The number of fused-ring (bicyclic) bond motifs is 1. The summed E-state index contributed by atoms with van der Waals surface area (Å²) in [7, 11) is 0. The van der Waals surface area contributed by atoms with E-state index in [2.05, 4.69) is 16.3 Å². The Kier molecular flexibility index (Phi) is 3.98. The lowest BCUT2D eigenvalue weighted by Crippen LogP contribution is -2.62. The van der Waals surface area contributed by atoms with Crippen LogP contribution in [0.1, 0.15) is 48.0 Å². The summed E-state index contributed by atoms with van der Waals surface area (Å²) < 4.78 is 0. The zero-order valence-corrected chi connectivity index (χ0v) is 15.8. The van der Waals surface area contributed by atoms with Crippen molar-refractivity contribution in [1.29, 1.82) is 0 Å². The van der Waals surface area contributed by atoms with Crippen molar-refractivity contribution in [3.8, 4) is 0 Å². The molecule has 1 aliphatic carbocycles. The van der Waals surface area contributed by atoms with E-state index in [-0.39, 0.29) is 30.7 Å². The molecule has 7 nitrogen and oxygen atoms in total. The van der Waals surface area contributed by atoms with E-state index in [9.17, 15) is 14.4 Å². The minimum Gasteiger partial charge on any atom is -0.396 e. The summed E-state index contributed by atoms with van der Waals surface area (Å²) in [4.78, 5) is 40.3. The highest BCUT2D eigenvalue weighted by atomic mass is 16.3. The Morgan fingerprint density at radius 2 is 1.96 bits per heavy atom. The van der Waals surface area contributed by atoms with Gasteiger partial charge in [0.2, 0.25) is 11.8 Å². The SMILES string of the molecule is O=C1CCC(N2Cc3cc(N4CC5(CC(CCO)C5)C4)ccc3C2=O)C(=O)N1. The fourth-order valence-corrected chi connectivity index (χ4v) is 5.51. The van der Waals surface area contributed by atoms with Crippen LogP contribution in [0.3, 0.4) is 0 Å². The van der Waals surface area contributed by atoms with Crippen LogP contribution in [0.4, 0.5) is 5.69 Å². The molecule has 2 saturated heterocycles. The summed E-state index contributed by atoms with van der Waals surface area (Å²) >= 11 is 0. The van der Waals surface area contributed by atoms with E-state index in [0.29, 0.717) is 29.9 Å². The molecule has 1 atom stereocenters. The summed E-state index contributed by atoms with van der Waals surface area (Å²) in [5.41, 5.74) is 3.18. The van der Waals surface area contributed by atoms with Crippen LogP contribution < -0.4 is 10.2 Å². The molecule has 1 spiro atoms. The molecule has 1 aromatic rings. The molecule has 3 amide bonds. The number of nitrogens with one attached hydrogen (secondary N) is 1. The number of carbonyl (C=O) groups excluding carboxylic acids is 3. The Bertz CT molecular complexity index is 853. The molecule has 5 rings (SSSR count). The third-order valence-corrected chi connectivity index (χ3v) is 6.91. The monoisotopic (exact) mass is 383 g/mol. The van der Waals surface area contributed by atoms with E-state index in [0.717, 1.165) is 30.8 Å². The first kappa shape index (κ1) is 17.7. The van der Waals surface area contributed by atoms with Crippen LogP contribution >= 0.6 is 0 Å². The van der Waals surface area contributed by atoms with Gasteiger partial charge in [0.25, 0.3) is 5.91 Å². The van der Waals surface area contributed by atoms with Gasteiger partial charge in [-0.1, -0.05) is 0 Å². The number of anilines is 1. The summed E-state index contributed by atoms with van der Waals surface area (Å²) in [6.07, 6.45) is 3.99. The van der Waals surface area contributed by atoms with Crippen molar-refractivity contribution in [3.05, 3.63) is 29.3 Å². The Hall–Kier alpha value is -2.41. The molecule has 3 aliphatic heterocycles. The number of aliphatic hydroxyl groups is 1. The number of amides is 3. The fraction of sp³-hybridized carbons (Fsp3) is 0.571. The van der Waals surface area contributed by atoms with E-state index in [1.165, 1.54) is 12.8 Å². The van der Waals surface area contributed by atoms with E-state index < -0.39 is 6.04 Å². The van der Waals surface area contributed by atoms with Gasteiger partial charge in [-0.25, -0.2) is 0 Å². The summed E-state index contributed by atoms with van der Waals surface area (Å²) in [5.74, 6) is -0.0878. The lowest BCUT2D eigenvalue weighted by molar-refractivity contribution is -0.136. The van der Waals surface area contributed by atoms with Crippen LogP contribution in [-0.2, 0) is 16.1 Å². The zero-order valence-electron chi connectivity index (χ0n) is 15.8. The van der Waals surface area contributed by atoms with E-state index in [1.807, 2.05) is 12.1 Å². The van der Waals surface area contributed by atoms with E-state index in [1.54, 1.807) is 4.90 Å². The number of carbonyl (C=O) groups is 3. The van der Waals surface area contributed by atoms with Crippen LogP contribution in [-0.4, -0.2) is 53.5 Å². The topological polar surface area (TPSA) is 90.0 Å². The molecule has 148 valence electrons. The molecule has 1 aromatic carbocycles. The van der Waals surface area contributed by atoms with Crippen molar-refractivity contribution in [2.75, 3.05) is 24.6 Å². The summed E-state index contributed by atoms with van der Waals surface area (Å²) in [5, 5.41) is 11.4. The average molecular weight is 383 g/mol. The van der Waals surface area contributed by atoms with E-state index >= 15 is 0 Å². The first-order valence-electron chi connectivity index (χ1n) is 10.1. The highest BCUT2D eigenvalue weighted by molar-refractivity contribution is 6.05. The quantitative estimate of drug-likeness (QED) is 0.759. The Morgan fingerprint density at radius 1 is 1.18 bits per heavy atom. The maximum atomic E-state index is 12.8. The highest BCUT2D eigenvalue weighted by Crippen LogP contribution is 2.54. The molecule has 0 bridgehead atoms. The largest absolute Gasteiger partial charge is 0.396 e. The number of hydrogen-bond donors (Lipinski definition) is 2. The Labute approximate surface area is 163 Å². The van der Waals surface area contributed by atoms with Crippen LogP contribution in [0, 0.1) is 11.3 Å². The van der Waals surface area contributed by atoms with Crippen LogP contribution in [0.15, 0.2) is 18.2 Å². The van der Waals surface area contributed by atoms with Crippen LogP contribution in [0.25, 0.3) is 0 Å². The van der Waals surface area contributed by atoms with Crippen molar-refractivity contribution in [2.24, 2.45) is 11.3 Å². The van der Waals surface area contributed by atoms with Gasteiger partial charge in [0.1, 0.15) is 6.04 Å². The standard InChI is InChI=1S/C21H25N3O4/c25-6-5-13-8-21(9-13)11-23(12-21)15-1-2-16-14(7-15)10-24(20(16)28)17-3-4-18(26)22-19(17)27/h1-2,7,13,17,25H,3-6,8-12H2,(H,22,26,27). The van der Waals surface area contributed by atoms with Gasteiger partial charge in [0.15, 0.2) is 0 Å². The predicted molar refractivity (Wildman–Crippen MR) is 102 cm³/mol. The number of nitrogens with zero attached hydrogens (tertiary/aromatic N) is 2. The Balaban J connectivity index is 1.26. The van der Waals surface area contributed by atoms with Gasteiger partial charge < -0.3 is 14.9 Å². The molecule has 3 fully saturated rings. The number of hydrogen-bond acceptors (Lipinski definition) is 5. The summed E-state index contributed by atoms with van der Waals surface area (Å²) in [6, 6.07) is 5.39. The van der Waals surface area contributed by atoms with E-state index in [4.69, 9.17) is 5.11 Å². The molecule has 1 saturated carbocycles. The van der Waals surface area contributed by atoms with Gasteiger partial charge in [0.05, 0.1) is 0 Å². The third-order valence-electron chi connectivity index (χ3n) is 6.91. The molecular weight excluding hydrogens is 358 g/mol. The van der Waals surface area contributed by atoms with Crippen LogP contribution in [0.5, 0.6) is 0 Å². The van der Waals surface area contributed by atoms with Gasteiger partial charge in [-0.2, -0.15) is 0 Å². The molecule has 28 heavy (non-hydrogen) atoms. The molecule has 0 aromatic heterocycles. The average Bonchev–Trinajstić information content (AvgIpc) is 2.92. The van der Waals surface area contributed by atoms with Gasteiger partial charge >= 0.3 is 0 Å². The zero-order chi connectivity index (χ0) is 19.5. The fourth-order valence-electron chi connectivity index (χ4n) is 5.51. The molecule has 3 heterocycles. The van der Waals surface area contributed by atoms with Crippen molar-refractivity contribution in [1.82, 2.24) is 10.2 Å². The molecule has 1 unspecified atom stereocenters. The number of aliphatic hydroxyl groups excluding tert-OH is 1. The summed E-state index contributed by atoms with van der Waals surface area (Å²) in [6.45, 7) is 2.79. The van der Waals surface area contributed by atoms with Crippen LogP contribution in [0.2, 0.25) is 0 Å². The first-order chi connectivity index (χ1) is 13.5. The van der Waals surface area contributed by atoms with Crippen molar-refractivity contribution >= 4 is 23.4 Å². The maximum absolute atomic E-state index is 12.8. The van der Waals surface area contributed by atoms with Gasteiger partial charge in [-0.15, -0.1) is 0 Å². The third kappa shape index (κ3) is 2.71. The highest BCUT2D eigenvalue weighted by Gasteiger charge is 2.52. The number of imide groups is 1. The van der Waals surface area contributed by atoms with Crippen molar-refractivity contribution < 1.29 is 19.5 Å². The number of piperidine rings is 1. The lowest BCUT2D eigenvalue weighted by atomic mass is 9.57. The van der Waals surface area contributed by atoms with Crippen molar-refractivity contribution in [3.63, 3.8) is 0 Å². The number of rotatable bonds is 4. The second-order valence-electron chi connectivity index (χ2n) is 8.88. The molecular formula is C21H25N3O4. The normalized spacial score (nSPS) is 26.2. The number of benzene rings is 1. The lowest BCUT2D eigenvalue weighted by Gasteiger charge is -2.60. The second kappa shape index (κ2) is 6.30. The molecule has 0 radical (unpaired) electrons. The smallest absolute Gasteiger partial charge is 0.255 e. The molecule has 2 N–H and O–H groups in total.